The predicted octanol–water partition coefficient (Wildman–Crippen LogP) is 2.88. The van der Waals surface area contributed by atoms with Gasteiger partial charge in [0.05, 0.1) is 5.41 Å². The lowest BCUT2D eigenvalue weighted by molar-refractivity contribution is -0.148. The molecule has 20 heavy (non-hydrogen) atoms. The van der Waals surface area contributed by atoms with Gasteiger partial charge in [-0.15, -0.1) is 0 Å². The van der Waals surface area contributed by atoms with Crippen LogP contribution in [0.15, 0.2) is 48.8 Å². The van der Waals surface area contributed by atoms with Gasteiger partial charge in [-0.3, -0.25) is 9.78 Å². The Balaban J connectivity index is 1.80. The average Bonchev–Trinajstić information content (AvgIpc) is 2.86. The monoisotopic (exact) mass is 267 g/mol. The van der Waals surface area contributed by atoms with Crippen LogP contribution in [0.25, 0.3) is 0 Å². The van der Waals surface area contributed by atoms with E-state index in [4.69, 9.17) is 0 Å². The molecule has 2 aromatic rings. The third kappa shape index (κ3) is 2.31. The van der Waals surface area contributed by atoms with Gasteiger partial charge in [0.2, 0.25) is 0 Å². The summed E-state index contributed by atoms with van der Waals surface area (Å²) in [6.07, 6.45) is 6.24. The summed E-state index contributed by atoms with van der Waals surface area (Å²) in [7, 11) is 0. The Hall–Kier alpha value is -2.16. The maximum atomic E-state index is 11.8. The minimum atomic E-state index is -0.683. The molecular formula is C17H17NO2. The number of aliphatic carboxylic acids is 1. The van der Waals surface area contributed by atoms with Crippen LogP contribution in [-0.4, -0.2) is 16.1 Å². The number of carboxylic acids is 1. The van der Waals surface area contributed by atoms with Crippen LogP contribution < -0.4 is 0 Å². The molecule has 102 valence electrons. The maximum Gasteiger partial charge on any atom is 0.310 e. The highest BCUT2D eigenvalue weighted by Gasteiger charge is 2.43. The van der Waals surface area contributed by atoms with Crippen molar-refractivity contribution in [3.8, 4) is 0 Å². The van der Waals surface area contributed by atoms with Crippen molar-refractivity contribution in [3.63, 3.8) is 0 Å². The van der Waals surface area contributed by atoms with Crippen LogP contribution in [0.3, 0.4) is 0 Å². The number of nitrogens with zero attached hydrogens (tertiary/aromatic N) is 1. The van der Waals surface area contributed by atoms with E-state index in [1.54, 1.807) is 6.20 Å². The van der Waals surface area contributed by atoms with Crippen molar-refractivity contribution >= 4 is 5.97 Å². The maximum absolute atomic E-state index is 11.8. The Bertz CT molecular complexity index is 597. The summed E-state index contributed by atoms with van der Waals surface area (Å²) < 4.78 is 0. The van der Waals surface area contributed by atoms with Crippen LogP contribution in [0.5, 0.6) is 0 Å². The Morgan fingerprint density at radius 1 is 1.15 bits per heavy atom. The number of hydrogen-bond donors (Lipinski definition) is 1. The summed E-state index contributed by atoms with van der Waals surface area (Å²) in [6, 6.07) is 12.0. The second-order valence-electron chi connectivity index (χ2n) is 5.57. The summed E-state index contributed by atoms with van der Waals surface area (Å²) in [5, 5.41) is 9.70. The number of benzene rings is 1. The number of carboxylic acid groups (broad SMARTS) is 1. The normalized spacial score (nSPS) is 15.8. The van der Waals surface area contributed by atoms with E-state index in [-0.39, 0.29) is 0 Å². The number of pyridine rings is 1. The summed E-state index contributed by atoms with van der Waals surface area (Å²) in [4.78, 5) is 15.9. The van der Waals surface area contributed by atoms with Gasteiger partial charge in [0.1, 0.15) is 0 Å². The van der Waals surface area contributed by atoms with Gasteiger partial charge in [0, 0.05) is 12.4 Å². The lowest BCUT2D eigenvalue weighted by Gasteiger charge is -2.23. The molecular weight excluding hydrogens is 250 g/mol. The molecule has 1 N–H and O–H groups in total. The summed E-state index contributed by atoms with van der Waals surface area (Å²) in [5.41, 5.74) is 2.81. The molecule has 3 rings (SSSR count). The Morgan fingerprint density at radius 3 is 2.40 bits per heavy atom. The van der Waals surface area contributed by atoms with Crippen LogP contribution in [0, 0.1) is 5.41 Å². The molecule has 0 fully saturated rings. The van der Waals surface area contributed by atoms with E-state index in [0.29, 0.717) is 19.3 Å². The molecule has 1 heterocycles. The van der Waals surface area contributed by atoms with E-state index >= 15 is 0 Å². The molecule has 0 spiro atoms. The standard InChI is InChI=1S/C17H17NO2/c19-16(20)17(8-7-13-4-3-9-18-12-13)10-14-5-1-2-6-15(14)11-17/h1-6,9,12H,7-8,10-11H2,(H,19,20). The van der Waals surface area contributed by atoms with E-state index in [9.17, 15) is 9.90 Å². The quantitative estimate of drug-likeness (QED) is 0.926. The molecule has 1 aromatic carbocycles. The third-order valence-electron chi connectivity index (χ3n) is 4.24. The highest BCUT2D eigenvalue weighted by molar-refractivity contribution is 5.77. The number of carbonyl (C=O) groups is 1. The molecule has 1 aliphatic rings. The number of aryl methyl sites for hydroxylation is 1. The van der Waals surface area contributed by atoms with Crippen molar-refractivity contribution < 1.29 is 9.90 Å². The first kappa shape index (κ1) is 12.9. The Labute approximate surface area is 118 Å². The van der Waals surface area contributed by atoms with Crippen molar-refractivity contribution in [2.45, 2.75) is 25.7 Å². The highest BCUT2D eigenvalue weighted by atomic mass is 16.4. The van der Waals surface area contributed by atoms with Gasteiger partial charge in [-0.2, -0.15) is 0 Å². The first-order valence-electron chi connectivity index (χ1n) is 6.89. The number of hydrogen-bond acceptors (Lipinski definition) is 2. The smallest absolute Gasteiger partial charge is 0.310 e. The molecule has 0 aliphatic heterocycles. The largest absolute Gasteiger partial charge is 0.481 e. The fourth-order valence-electron chi connectivity index (χ4n) is 3.06. The molecule has 0 saturated heterocycles. The van der Waals surface area contributed by atoms with Crippen LogP contribution in [0.4, 0.5) is 0 Å². The fourth-order valence-corrected chi connectivity index (χ4v) is 3.06. The number of rotatable bonds is 4. The van der Waals surface area contributed by atoms with Crippen LogP contribution in [-0.2, 0) is 24.1 Å². The van der Waals surface area contributed by atoms with E-state index < -0.39 is 11.4 Å². The molecule has 3 heteroatoms. The lowest BCUT2D eigenvalue weighted by Crippen LogP contribution is -2.32. The molecule has 0 atom stereocenters. The molecule has 0 amide bonds. The lowest BCUT2D eigenvalue weighted by atomic mass is 9.79. The SMILES string of the molecule is O=C(O)C1(CCc2cccnc2)Cc2ccccc2C1. The van der Waals surface area contributed by atoms with Gasteiger partial charge in [0.25, 0.3) is 0 Å². The van der Waals surface area contributed by atoms with Crippen LogP contribution in [0.2, 0.25) is 0 Å². The summed E-state index contributed by atoms with van der Waals surface area (Å²) >= 11 is 0. The van der Waals surface area contributed by atoms with Gasteiger partial charge in [-0.1, -0.05) is 30.3 Å². The Morgan fingerprint density at radius 2 is 1.85 bits per heavy atom. The second kappa shape index (κ2) is 5.08. The zero-order valence-corrected chi connectivity index (χ0v) is 11.2. The molecule has 1 aliphatic carbocycles. The van der Waals surface area contributed by atoms with E-state index in [0.717, 1.165) is 12.0 Å². The van der Waals surface area contributed by atoms with Crippen molar-refractivity contribution in [3.05, 3.63) is 65.5 Å². The number of aromatic nitrogens is 1. The molecule has 1 aromatic heterocycles. The van der Waals surface area contributed by atoms with Gasteiger partial charge >= 0.3 is 5.97 Å². The zero-order valence-electron chi connectivity index (χ0n) is 11.2. The van der Waals surface area contributed by atoms with Gasteiger partial charge in [-0.05, 0) is 48.4 Å². The van der Waals surface area contributed by atoms with Crippen molar-refractivity contribution in [1.82, 2.24) is 4.98 Å². The highest BCUT2D eigenvalue weighted by Crippen LogP contribution is 2.40. The van der Waals surface area contributed by atoms with Crippen molar-refractivity contribution in [2.75, 3.05) is 0 Å². The molecule has 0 bridgehead atoms. The van der Waals surface area contributed by atoms with Crippen LogP contribution in [0.1, 0.15) is 23.1 Å². The molecule has 0 radical (unpaired) electrons. The Kier molecular flexibility index (Phi) is 3.26. The van der Waals surface area contributed by atoms with Crippen LogP contribution >= 0.6 is 0 Å². The predicted molar refractivity (Wildman–Crippen MR) is 76.5 cm³/mol. The molecule has 0 saturated carbocycles. The zero-order chi connectivity index (χ0) is 14.0. The van der Waals surface area contributed by atoms with E-state index in [1.807, 2.05) is 42.6 Å². The fraction of sp³-hybridized carbons (Fsp3) is 0.294. The van der Waals surface area contributed by atoms with Crippen molar-refractivity contribution in [2.24, 2.45) is 5.41 Å². The minimum absolute atomic E-state index is 0.638. The van der Waals surface area contributed by atoms with Crippen molar-refractivity contribution in [1.29, 1.82) is 0 Å². The van der Waals surface area contributed by atoms with Gasteiger partial charge in [-0.25, -0.2) is 0 Å². The summed E-state index contributed by atoms with van der Waals surface area (Å²) in [5.74, 6) is -0.683. The average molecular weight is 267 g/mol. The van der Waals surface area contributed by atoms with Gasteiger partial charge in [0.15, 0.2) is 0 Å². The first-order chi connectivity index (χ1) is 9.70. The minimum Gasteiger partial charge on any atom is -0.481 e. The molecule has 0 unspecified atom stereocenters. The second-order valence-corrected chi connectivity index (χ2v) is 5.57. The number of fused-ring (bicyclic) bond motifs is 1. The summed E-state index contributed by atoms with van der Waals surface area (Å²) in [6.45, 7) is 0. The molecule has 3 nitrogen and oxygen atoms in total. The van der Waals surface area contributed by atoms with Gasteiger partial charge < -0.3 is 5.11 Å². The van der Waals surface area contributed by atoms with E-state index in [1.165, 1.54) is 11.1 Å². The first-order valence-corrected chi connectivity index (χ1v) is 6.89. The topological polar surface area (TPSA) is 50.2 Å². The van der Waals surface area contributed by atoms with E-state index in [2.05, 4.69) is 4.98 Å². The third-order valence-corrected chi connectivity index (χ3v) is 4.24.